The Hall–Kier alpha value is -1.05. The summed E-state index contributed by atoms with van der Waals surface area (Å²) >= 11 is 1.78. The summed E-state index contributed by atoms with van der Waals surface area (Å²) in [5.74, 6) is 1.06. The summed E-state index contributed by atoms with van der Waals surface area (Å²) in [5, 5.41) is 13.6. The van der Waals surface area contributed by atoms with Gasteiger partial charge in [-0.2, -0.15) is 5.26 Å². The molecule has 104 valence electrons. The van der Waals surface area contributed by atoms with E-state index in [1.807, 2.05) is 31.3 Å². The standard InChI is InChI=1S/C15H23N3S/c1-3-10-18-15(2,13-16)9-5-7-12-19-14-8-4-6-11-17-14/h4,6,8,11,18H,3,5,7,9-10,12H2,1-2H3. The highest BCUT2D eigenvalue weighted by Crippen LogP contribution is 2.18. The molecule has 19 heavy (non-hydrogen) atoms. The van der Waals surface area contributed by atoms with Crippen LogP contribution in [0, 0.1) is 11.3 Å². The van der Waals surface area contributed by atoms with Gasteiger partial charge >= 0.3 is 0 Å². The average Bonchev–Trinajstić information content (AvgIpc) is 2.46. The highest BCUT2D eigenvalue weighted by Gasteiger charge is 2.21. The summed E-state index contributed by atoms with van der Waals surface area (Å²) in [4.78, 5) is 4.28. The topological polar surface area (TPSA) is 48.7 Å². The molecule has 1 atom stereocenters. The Labute approximate surface area is 120 Å². The first-order valence-electron chi connectivity index (χ1n) is 6.90. The van der Waals surface area contributed by atoms with Crippen LogP contribution in [-0.2, 0) is 0 Å². The molecular formula is C15H23N3S. The van der Waals surface area contributed by atoms with Crippen LogP contribution < -0.4 is 5.32 Å². The zero-order chi connectivity index (χ0) is 14.0. The molecule has 0 saturated heterocycles. The SMILES string of the molecule is CCCNC(C)(C#N)CCCCSc1ccccn1. The number of rotatable bonds is 9. The fraction of sp³-hybridized carbons (Fsp3) is 0.600. The molecule has 0 aliphatic rings. The van der Waals surface area contributed by atoms with Crippen molar-refractivity contribution < 1.29 is 0 Å². The van der Waals surface area contributed by atoms with Crippen molar-refractivity contribution in [2.24, 2.45) is 0 Å². The lowest BCUT2D eigenvalue weighted by Crippen LogP contribution is -2.41. The van der Waals surface area contributed by atoms with E-state index in [0.29, 0.717) is 0 Å². The molecule has 0 bridgehead atoms. The molecule has 0 aliphatic heterocycles. The molecular weight excluding hydrogens is 254 g/mol. The van der Waals surface area contributed by atoms with Crippen molar-refractivity contribution in [1.82, 2.24) is 10.3 Å². The number of nitrogens with one attached hydrogen (secondary N) is 1. The summed E-state index contributed by atoms with van der Waals surface area (Å²) in [6, 6.07) is 8.37. The van der Waals surface area contributed by atoms with Crippen LogP contribution in [0.2, 0.25) is 0 Å². The zero-order valence-corrected chi connectivity index (χ0v) is 12.7. The van der Waals surface area contributed by atoms with Crippen LogP contribution >= 0.6 is 11.8 Å². The maximum Gasteiger partial charge on any atom is 0.103 e. The molecule has 0 fully saturated rings. The molecule has 0 saturated carbocycles. The van der Waals surface area contributed by atoms with Gasteiger partial charge in [0.25, 0.3) is 0 Å². The fourth-order valence-corrected chi connectivity index (χ4v) is 2.64. The van der Waals surface area contributed by atoms with E-state index in [9.17, 15) is 5.26 Å². The van der Waals surface area contributed by atoms with Crippen LogP contribution in [-0.4, -0.2) is 22.8 Å². The Bertz CT molecular complexity index is 388. The van der Waals surface area contributed by atoms with Gasteiger partial charge in [0.1, 0.15) is 5.54 Å². The second-order valence-corrected chi connectivity index (χ2v) is 5.96. The number of aromatic nitrogens is 1. The van der Waals surface area contributed by atoms with Crippen LogP contribution in [0.5, 0.6) is 0 Å². The number of hydrogen-bond donors (Lipinski definition) is 1. The number of unbranched alkanes of at least 4 members (excludes halogenated alkanes) is 1. The normalized spacial score (nSPS) is 13.7. The Balaban J connectivity index is 2.17. The fourth-order valence-electron chi connectivity index (χ4n) is 1.77. The second kappa shape index (κ2) is 8.95. The third kappa shape index (κ3) is 6.60. The van der Waals surface area contributed by atoms with Gasteiger partial charge in [0, 0.05) is 6.20 Å². The summed E-state index contributed by atoms with van der Waals surface area (Å²) in [5.41, 5.74) is -0.369. The molecule has 1 aromatic rings. The summed E-state index contributed by atoms with van der Waals surface area (Å²) in [6.07, 6.45) is 5.98. The molecule has 3 nitrogen and oxygen atoms in total. The van der Waals surface area contributed by atoms with E-state index in [-0.39, 0.29) is 5.54 Å². The van der Waals surface area contributed by atoms with Crippen molar-refractivity contribution in [3.05, 3.63) is 24.4 Å². The average molecular weight is 277 g/mol. The Kier molecular flexibility index (Phi) is 7.54. The van der Waals surface area contributed by atoms with Gasteiger partial charge in [-0.25, -0.2) is 4.98 Å². The molecule has 0 spiro atoms. The number of nitrogens with zero attached hydrogens (tertiary/aromatic N) is 2. The zero-order valence-electron chi connectivity index (χ0n) is 11.9. The van der Waals surface area contributed by atoms with Crippen molar-refractivity contribution in [3.63, 3.8) is 0 Å². The van der Waals surface area contributed by atoms with E-state index in [1.165, 1.54) is 0 Å². The minimum Gasteiger partial charge on any atom is -0.300 e. The minimum absolute atomic E-state index is 0.369. The lowest BCUT2D eigenvalue weighted by Gasteiger charge is -2.22. The molecule has 0 aliphatic carbocycles. The summed E-state index contributed by atoms with van der Waals surface area (Å²) in [7, 11) is 0. The smallest absolute Gasteiger partial charge is 0.103 e. The Morgan fingerprint density at radius 3 is 2.89 bits per heavy atom. The van der Waals surface area contributed by atoms with Crippen molar-refractivity contribution in [1.29, 1.82) is 5.26 Å². The first-order valence-corrected chi connectivity index (χ1v) is 7.89. The third-order valence-corrected chi connectivity index (χ3v) is 4.00. The summed E-state index contributed by atoms with van der Waals surface area (Å²) in [6.45, 7) is 5.02. The monoisotopic (exact) mass is 277 g/mol. The van der Waals surface area contributed by atoms with Crippen molar-refractivity contribution in [2.75, 3.05) is 12.3 Å². The minimum atomic E-state index is -0.369. The van der Waals surface area contributed by atoms with Crippen LogP contribution in [0.1, 0.15) is 39.5 Å². The predicted molar refractivity (Wildman–Crippen MR) is 81.1 cm³/mol. The highest BCUT2D eigenvalue weighted by molar-refractivity contribution is 7.99. The predicted octanol–water partition coefficient (Wildman–Crippen LogP) is 3.63. The maximum atomic E-state index is 9.22. The second-order valence-electron chi connectivity index (χ2n) is 4.84. The molecule has 1 heterocycles. The van der Waals surface area contributed by atoms with Gasteiger partial charge in [-0.1, -0.05) is 13.0 Å². The van der Waals surface area contributed by atoms with Crippen LogP contribution in [0.15, 0.2) is 29.4 Å². The quantitative estimate of drug-likeness (QED) is 0.553. The van der Waals surface area contributed by atoms with Gasteiger partial charge in [-0.05, 0) is 57.0 Å². The molecule has 0 radical (unpaired) electrons. The Morgan fingerprint density at radius 2 is 2.26 bits per heavy atom. The third-order valence-electron chi connectivity index (χ3n) is 2.97. The van der Waals surface area contributed by atoms with Gasteiger partial charge in [-0.15, -0.1) is 11.8 Å². The molecule has 4 heteroatoms. The molecule has 1 aromatic heterocycles. The van der Waals surface area contributed by atoms with Crippen LogP contribution in [0.4, 0.5) is 0 Å². The van der Waals surface area contributed by atoms with Gasteiger partial charge in [0.2, 0.25) is 0 Å². The molecule has 1 unspecified atom stereocenters. The van der Waals surface area contributed by atoms with E-state index in [2.05, 4.69) is 23.3 Å². The van der Waals surface area contributed by atoms with Crippen molar-refractivity contribution in [3.8, 4) is 6.07 Å². The first-order chi connectivity index (χ1) is 9.20. The lowest BCUT2D eigenvalue weighted by atomic mass is 9.96. The highest BCUT2D eigenvalue weighted by atomic mass is 32.2. The number of hydrogen-bond acceptors (Lipinski definition) is 4. The van der Waals surface area contributed by atoms with Crippen LogP contribution in [0.25, 0.3) is 0 Å². The lowest BCUT2D eigenvalue weighted by molar-refractivity contribution is 0.406. The van der Waals surface area contributed by atoms with Gasteiger partial charge < -0.3 is 0 Å². The number of pyridine rings is 1. The van der Waals surface area contributed by atoms with E-state index in [1.54, 1.807) is 11.8 Å². The van der Waals surface area contributed by atoms with Crippen molar-refractivity contribution in [2.45, 2.75) is 50.1 Å². The van der Waals surface area contributed by atoms with Crippen LogP contribution in [0.3, 0.4) is 0 Å². The molecule has 1 rings (SSSR count). The first kappa shape index (κ1) is 16.0. The molecule has 0 amide bonds. The number of thioether (sulfide) groups is 1. The largest absolute Gasteiger partial charge is 0.300 e. The maximum absolute atomic E-state index is 9.22. The molecule has 0 aromatic carbocycles. The van der Waals surface area contributed by atoms with Gasteiger partial charge in [-0.3, -0.25) is 5.32 Å². The Morgan fingerprint density at radius 1 is 1.42 bits per heavy atom. The molecule has 1 N–H and O–H groups in total. The van der Waals surface area contributed by atoms with Gasteiger partial charge in [0.05, 0.1) is 11.1 Å². The van der Waals surface area contributed by atoms with Gasteiger partial charge in [0.15, 0.2) is 0 Å². The summed E-state index contributed by atoms with van der Waals surface area (Å²) < 4.78 is 0. The number of nitriles is 1. The van der Waals surface area contributed by atoms with E-state index in [0.717, 1.165) is 43.0 Å². The van der Waals surface area contributed by atoms with E-state index >= 15 is 0 Å². The van der Waals surface area contributed by atoms with E-state index in [4.69, 9.17) is 0 Å². The van der Waals surface area contributed by atoms with Crippen molar-refractivity contribution >= 4 is 11.8 Å². The van der Waals surface area contributed by atoms with E-state index < -0.39 is 0 Å².